The van der Waals surface area contributed by atoms with Crippen molar-refractivity contribution in [1.29, 1.82) is 0 Å². The lowest BCUT2D eigenvalue weighted by Gasteiger charge is -2.29. The van der Waals surface area contributed by atoms with Crippen LogP contribution < -0.4 is 10.2 Å². The standard InChI is InChI=1S/C60H113N2O6P/c1-6-8-10-12-14-16-18-20-22-24-26-27-28-29-30-31-32-33-34-36-37-39-41-43-45-47-49-51-53-59(63)58(57-68-69(65,66)67-56-55-62(3,4)5)61-60(64)54-52-50-48-46-44-42-40-38-35-25-23-21-19-17-15-13-11-9-7-2/h9,11,15,17,21,23,35,38,51,53,58-59,63H,6-8,10,12-14,16,18-20,22,24-34,36-37,39-50,52,54-57H2,1-5H3,(H-,61,64,65,66)/b11-9-,17-15-,23-21-,38-35-,53-51+. The van der Waals surface area contributed by atoms with E-state index in [4.69, 9.17) is 9.05 Å². The van der Waals surface area contributed by atoms with E-state index in [1.807, 2.05) is 27.2 Å². The van der Waals surface area contributed by atoms with Gasteiger partial charge in [0.1, 0.15) is 13.2 Å². The quantitative estimate of drug-likeness (QED) is 0.0272. The maximum atomic E-state index is 12.9. The predicted octanol–water partition coefficient (Wildman–Crippen LogP) is 17.1. The molecule has 0 saturated heterocycles. The van der Waals surface area contributed by atoms with Gasteiger partial charge < -0.3 is 28.8 Å². The zero-order valence-electron chi connectivity index (χ0n) is 46.0. The summed E-state index contributed by atoms with van der Waals surface area (Å²) in [6.45, 7) is 4.55. The van der Waals surface area contributed by atoms with E-state index in [0.717, 1.165) is 77.0 Å². The van der Waals surface area contributed by atoms with Crippen LogP contribution in [0.4, 0.5) is 0 Å². The van der Waals surface area contributed by atoms with Gasteiger partial charge in [-0.1, -0.05) is 261 Å². The Morgan fingerprint density at radius 2 is 0.884 bits per heavy atom. The molecule has 0 fully saturated rings. The normalized spacial score (nSPS) is 14.4. The lowest BCUT2D eigenvalue weighted by molar-refractivity contribution is -0.870. The van der Waals surface area contributed by atoms with E-state index in [1.54, 1.807) is 6.08 Å². The number of unbranched alkanes of at least 4 members (excludes halogenated alkanes) is 32. The van der Waals surface area contributed by atoms with Crippen molar-refractivity contribution in [2.45, 2.75) is 276 Å². The lowest BCUT2D eigenvalue weighted by atomic mass is 10.0. The number of rotatable bonds is 53. The summed E-state index contributed by atoms with van der Waals surface area (Å²) in [5, 5.41) is 13.9. The van der Waals surface area contributed by atoms with Crippen molar-refractivity contribution >= 4 is 13.7 Å². The smallest absolute Gasteiger partial charge is 0.268 e. The summed E-state index contributed by atoms with van der Waals surface area (Å²) in [6, 6.07) is -0.898. The van der Waals surface area contributed by atoms with Crippen LogP contribution in [-0.4, -0.2) is 68.5 Å². The maximum absolute atomic E-state index is 12.9. The Kier molecular flexibility index (Phi) is 49.8. The third kappa shape index (κ3) is 53.8. The first-order valence-electron chi connectivity index (χ1n) is 29.2. The number of hydrogen-bond donors (Lipinski definition) is 2. The summed E-state index contributed by atoms with van der Waals surface area (Å²) in [5.41, 5.74) is 0. The van der Waals surface area contributed by atoms with E-state index in [9.17, 15) is 19.4 Å². The van der Waals surface area contributed by atoms with Crippen molar-refractivity contribution in [2.75, 3.05) is 40.9 Å². The highest BCUT2D eigenvalue weighted by Crippen LogP contribution is 2.38. The molecule has 0 radical (unpaired) electrons. The lowest BCUT2D eigenvalue weighted by Crippen LogP contribution is -2.45. The third-order valence-electron chi connectivity index (χ3n) is 13.0. The van der Waals surface area contributed by atoms with Crippen LogP contribution in [0.1, 0.15) is 264 Å². The monoisotopic (exact) mass is 989 g/mol. The minimum atomic E-state index is -4.60. The summed E-state index contributed by atoms with van der Waals surface area (Å²) < 4.78 is 23.3. The van der Waals surface area contributed by atoms with Gasteiger partial charge in [0.05, 0.1) is 39.9 Å². The van der Waals surface area contributed by atoms with Crippen LogP contribution in [0.5, 0.6) is 0 Å². The van der Waals surface area contributed by atoms with Gasteiger partial charge in [0, 0.05) is 6.42 Å². The van der Waals surface area contributed by atoms with Gasteiger partial charge >= 0.3 is 0 Å². The molecule has 0 aromatic heterocycles. The fourth-order valence-electron chi connectivity index (χ4n) is 8.44. The first kappa shape index (κ1) is 67.2. The minimum Gasteiger partial charge on any atom is -0.756 e. The third-order valence-corrected chi connectivity index (χ3v) is 13.9. The number of amides is 1. The van der Waals surface area contributed by atoms with Crippen molar-refractivity contribution in [3.05, 3.63) is 60.8 Å². The molecule has 69 heavy (non-hydrogen) atoms. The Hall–Kier alpha value is -1.80. The molecule has 9 heteroatoms. The van der Waals surface area contributed by atoms with Gasteiger partial charge in [0.2, 0.25) is 5.91 Å². The molecule has 0 aliphatic heterocycles. The second-order valence-electron chi connectivity index (χ2n) is 21.0. The van der Waals surface area contributed by atoms with E-state index >= 15 is 0 Å². The second kappa shape index (κ2) is 51.1. The van der Waals surface area contributed by atoms with Crippen molar-refractivity contribution in [3.63, 3.8) is 0 Å². The van der Waals surface area contributed by atoms with E-state index in [2.05, 4.69) is 67.8 Å². The molecular formula is C60H113N2O6P. The first-order valence-corrected chi connectivity index (χ1v) is 30.6. The van der Waals surface area contributed by atoms with E-state index < -0.39 is 20.0 Å². The SMILES string of the molecule is CC/C=C\C/C=C\C/C=C\C/C=C\CCCCCCCCC(=O)NC(COP(=O)([O-])OCC[N+](C)(C)C)C(O)/C=C/CCCCCCCCCCCCCCCCCCCCCCCCCCCC. The van der Waals surface area contributed by atoms with Gasteiger partial charge in [-0.15, -0.1) is 0 Å². The Balaban J connectivity index is 4.20. The second-order valence-corrected chi connectivity index (χ2v) is 22.4. The van der Waals surface area contributed by atoms with E-state index in [-0.39, 0.29) is 19.1 Å². The van der Waals surface area contributed by atoms with Crippen LogP contribution in [0.25, 0.3) is 0 Å². The van der Waals surface area contributed by atoms with Crippen LogP contribution in [-0.2, 0) is 18.4 Å². The van der Waals surface area contributed by atoms with E-state index in [1.165, 1.54) is 167 Å². The number of phosphoric acid groups is 1. The molecule has 0 heterocycles. The maximum Gasteiger partial charge on any atom is 0.268 e. The molecule has 0 bridgehead atoms. The summed E-state index contributed by atoms with van der Waals surface area (Å²) in [5.74, 6) is -0.211. The Bertz CT molecular complexity index is 1310. The number of allylic oxidation sites excluding steroid dienone is 9. The molecular weight excluding hydrogens is 876 g/mol. The number of aliphatic hydroxyl groups excluding tert-OH is 1. The molecule has 8 nitrogen and oxygen atoms in total. The Morgan fingerprint density at radius 3 is 1.29 bits per heavy atom. The van der Waals surface area contributed by atoms with Gasteiger partial charge in [-0.05, 0) is 57.8 Å². The summed E-state index contributed by atoms with van der Waals surface area (Å²) in [4.78, 5) is 25.5. The largest absolute Gasteiger partial charge is 0.756 e. The molecule has 3 atom stereocenters. The highest BCUT2D eigenvalue weighted by molar-refractivity contribution is 7.45. The summed E-state index contributed by atoms with van der Waals surface area (Å²) in [7, 11) is 1.25. The van der Waals surface area contributed by atoms with Crippen LogP contribution in [0.3, 0.4) is 0 Å². The average Bonchev–Trinajstić information content (AvgIpc) is 3.31. The predicted molar refractivity (Wildman–Crippen MR) is 297 cm³/mol. The van der Waals surface area contributed by atoms with Gasteiger partial charge in [0.15, 0.2) is 0 Å². The topological polar surface area (TPSA) is 108 Å². The van der Waals surface area contributed by atoms with Gasteiger partial charge in [-0.2, -0.15) is 0 Å². The van der Waals surface area contributed by atoms with E-state index in [0.29, 0.717) is 17.4 Å². The number of quaternary nitrogens is 1. The molecule has 3 unspecified atom stereocenters. The van der Waals surface area contributed by atoms with Gasteiger partial charge in [-0.3, -0.25) is 9.36 Å². The Labute approximate surface area is 428 Å². The van der Waals surface area contributed by atoms with Crippen molar-refractivity contribution < 1.29 is 32.9 Å². The number of carbonyl (C=O) groups excluding carboxylic acids is 1. The number of carbonyl (C=O) groups is 1. The molecule has 0 aromatic carbocycles. The molecule has 2 N–H and O–H groups in total. The molecule has 404 valence electrons. The number of aliphatic hydroxyl groups is 1. The molecule has 0 aromatic rings. The highest BCUT2D eigenvalue weighted by atomic mass is 31.2. The molecule has 1 amide bonds. The molecule has 0 spiro atoms. The molecule has 0 aliphatic rings. The van der Waals surface area contributed by atoms with Gasteiger partial charge in [0.25, 0.3) is 7.82 Å². The summed E-state index contributed by atoms with van der Waals surface area (Å²) >= 11 is 0. The molecule has 0 rings (SSSR count). The average molecular weight is 990 g/mol. The fourth-order valence-corrected chi connectivity index (χ4v) is 9.16. The number of hydrogen-bond acceptors (Lipinski definition) is 6. The molecule has 0 aliphatic carbocycles. The van der Waals surface area contributed by atoms with Crippen LogP contribution in [0.15, 0.2) is 60.8 Å². The number of phosphoric ester groups is 1. The highest BCUT2D eigenvalue weighted by Gasteiger charge is 2.23. The zero-order chi connectivity index (χ0) is 50.6. The van der Waals surface area contributed by atoms with Crippen molar-refractivity contribution in [3.8, 4) is 0 Å². The summed E-state index contributed by atoms with van der Waals surface area (Å²) in [6.07, 6.45) is 68.7. The number of nitrogens with zero attached hydrogens (tertiary/aromatic N) is 1. The van der Waals surface area contributed by atoms with Crippen LogP contribution in [0.2, 0.25) is 0 Å². The number of nitrogens with one attached hydrogen (secondary N) is 1. The van der Waals surface area contributed by atoms with Crippen molar-refractivity contribution in [2.24, 2.45) is 0 Å². The van der Waals surface area contributed by atoms with Crippen LogP contribution >= 0.6 is 7.82 Å². The molecule has 0 saturated carbocycles. The minimum absolute atomic E-state index is 0.00613. The van der Waals surface area contributed by atoms with Gasteiger partial charge in [-0.25, -0.2) is 0 Å². The van der Waals surface area contributed by atoms with Crippen LogP contribution in [0, 0.1) is 0 Å². The Morgan fingerprint density at radius 1 is 0.522 bits per heavy atom. The first-order chi connectivity index (χ1) is 33.5. The number of likely N-dealkylation sites (N-methyl/N-ethyl adjacent to an activating group) is 1. The van der Waals surface area contributed by atoms with Crippen molar-refractivity contribution in [1.82, 2.24) is 5.32 Å². The zero-order valence-corrected chi connectivity index (χ0v) is 46.9. The fraction of sp³-hybridized carbons (Fsp3) is 0.817.